The molecule has 0 bridgehead atoms. The predicted octanol–water partition coefficient (Wildman–Crippen LogP) is 2.36. The molecule has 0 unspecified atom stereocenters. The summed E-state index contributed by atoms with van der Waals surface area (Å²) in [5, 5.41) is 18.0. The van der Waals surface area contributed by atoms with Crippen molar-refractivity contribution < 1.29 is 29.0 Å². The number of thioether (sulfide) groups is 1. The summed E-state index contributed by atoms with van der Waals surface area (Å²) >= 11 is 6.05. The number of nitrogens with zero attached hydrogens (tertiary/aromatic N) is 1. The van der Waals surface area contributed by atoms with Crippen molar-refractivity contribution in [2.24, 2.45) is 0 Å². The number of thiocarbonyl (C=S) groups is 1. The molecule has 2 N–H and O–H groups in total. The summed E-state index contributed by atoms with van der Waals surface area (Å²) in [6.45, 7) is 0. The largest absolute Gasteiger partial charge is 0.481 e. The zero-order valence-corrected chi connectivity index (χ0v) is 13.9. The molecule has 1 aliphatic heterocycles. The minimum atomic E-state index is -1.30. The number of aliphatic carboxylic acids is 2. The average Bonchev–Trinajstić information content (AvgIpc) is 3.10. The Bertz CT molecular complexity index is 722. The molecule has 2 heterocycles. The number of allylic oxidation sites excluding steroid dienone is 2. The molecule has 126 valence electrons. The fourth-order valence-corrected chi connectivity index (χ4v) is 3.31. The SMILES string of the molecule is O=C(O)CC[C@H](C(=O)O)N1C(=O)/C(=C/C=C/c2ccco2)SC1=S. The number of carboxylic acids is 2. The summed E-state index contributed by atoms with van der Waals surface area (Å²) in [4.78, 5) is 35.6. The molecule has 2 rings (SSSR count). The zero-order chi connectivity index (χ0) is 17.7. The van der Waals surface area contributed by atoms with Gasteiger partial charge in [-0.25, -0.2) is 4.79 Å². The van der Waals surface area contributed by atoms with Gasteiger partial charge in [-0.1, -0.05) is 30.1 Å². The van der Waals surface area contributed by atoms with Gasteiger partial charge in [0.25, 0.3) is 5.91 Å². The van der Waals surface area contributed by atoms with Gasteiger partial charge in [-0.2, -0.15) is 0 Å². The molecule has 0 saturated carbocycles. The summed E-state index contributed by atoms with van der Waals surface area (Å²) in [6.07, 6.45) is 5.68. The van der Waals surface area contributed by atoms with E-state index in [9.17, 15) is 19.5 Å². The number of carbonyl (C=O) groups is 3. The lowest BCUT2D eigenvalue weighted by Gasteiger charge is -2.22. The lowest BCUT2D eigenvalue weighted by atomic mass is 10.1. The molecule has 1 aromatic rings. The monoisotopic (exact) mass is 367 g/mol. The van der Waals surface area contributed by atoms with E-state index in [0.29, 0.717) is 5.76 Å². The Morgan fingerprint density at radius 2 is 2.17 bits per heavy atom. The van der Waals surface area contributed by atoms with Gasteiger partial charge in [-0.15, -0.1) is 0 Å². The predicted molar refractivity (Wildman–Crippen MR) is 91.2 cm³/mol. The number of rotatable bonds is 7. The molecule has 1 amide bonds. The van der Waals surface area contributed by atoms with Crippen LogP contribution in [0.25, 0.3) is 6.08 Å². The van der Waals surface area contributed by atoms with Crippen molar-refractivity contribution in [3.05, 3.63) is 41.2 Å². The normalized spacial score (nSPS) is 17.8. The lowest BCUT2D eigenvalue weighted by molar-refractivity contribution is -0.146. The number of furan rings is 1. The molecule has 1 saturated heterocycles. The van der Waals surface area contributed by atoms with Gasteiger partial charge in [0.2, 0.25) is 0 Å². The van der Waals surface area contributed by atoms with Crippen LogP contribution in [0.1, 0.15) is 18.6 Å². The van der Waals surface area contributed by atoms with Crippen LogP contribution < -0.4 is 0 Å². The maximum atomic E-state index is 12.4. The average molecular weight is 367 g/mol. The highest BCUT2D eigenvalue weighted by Crippen LogP contribution is 2.33. The number of carbonyl (C=O) groups excluding carboxylic acids is 1. The van der Waals surface area contributed by atoms with Crippen LogP contribution in [0, 0.1) is 0 Å². The van der Waals surface area contributed by atoms with Crippen LogP contribution in [-0.2, 0) is 14.4 Å². The summed E-state index contributed by atoms with van der Waals surface area (Å²) in [6, 6.07) is 2.16. The Morgan fingerprint density at radius 1 is 1.42 bits per heavy atom. The van der Waals surface area contributed by atoms with Gasteiger partial charge in [0.15, 0.2) is 0 Å². The standard InChI is InChI=1S/C15H13NO6S2/c17-12(18)7-6-10(14(20)21)16-13(19)11(24-15(16)23)5-1-3-9-4-2-8-22-9/h1-5,8,10H,6-7H2,(H,17,18)(H,20,21)/b3-1+,11-5-/t10-/m1/s1. The second kappa shape index (κ2) is 7.93. The number of hydrogen-bond donors (Lipinski definition) is 2. The number of amides is 1. The minimum Gasteiger partial charge on any atom is -0.481 e. The summed E-state index contributed by atoms with van der Waals surface area (Å²) < 4.78 is 5.21. The summed E-state index contributed by atoms with van der Waals surface area (Å²) in [5.41, 5.74) is 0. The third-order valence-corrected chi connectivity index (χ3v) is 4.45. The molecule has 0 aliphatic carbocycles. The van der Waals surface area contributed by atoms with E-state index in [4.69, 9.17) is 21.7 Å². The van der Waals surface area contributed by atoms with Gasteiger partial charge < -0.3 is 14.6 Å². The van der Waals surface area contributed by atoms with Crippen molar-refractivity contribution in [2.75, 3.05) is 0 Å². The molecule has 1 fully saturated rings. The quantitative estimate of drug-likeness (QED) is 0.558. The Balaban J connectivity index is 2.14. The Labute approximate surface area is 146 Å². The van der Waals surface area contributed by atoms with Gasteiger partial charge in [-0.05, 0) is 30.7 Å². The third kappa shape index (κ3) is 4.33. The topological polar surface area (TPSA) is 108 Å². The summed E-state index contributed by atoms with van der Waals surface area (Å²) in [7, 11) is 0. The van der Waals surface area contributed by atoms with E-state index in [-0.39, 0.29) is 22.1 Å². The van der Waals surface area contributed by atoms with Crippen LogP contribution in [0.3, 0.4) is 0 Å². The first kappa shape index (κ1) is 18.0. The first-order valence-electron chi connectivity index (χ1n) is 6.82. The highest BCUT2D eigenvalue weighted by molar-refractivity contribution is 8.26. The summed E-state index contributed by atoms with van der Waals surface area (Å²) in [5.74, 6) is -2.37. The molecule has 9 heteroatoms. The second-order valence-corrected chi connectivity index (χ2v) is 6.41. The van der Waals surface area contributed by atoms with Crippen molar-refractivity contribution in [2.45, 2.75) is 18.9 Å². The van der Waals surface area contributed by atoms with Gasteiger partial charge in [0, 0.05) is 6.42 Å². The van der Waals surface area contributed by atoms with Crippen LogP contribution in [0.5, 0.6) is 0 Å². The van der Waals surface area contributed by atoms with E-state index in [1.165, 1.54) is 12.3 Å². The molecule has 1 aliphatic rings. The van der Waals surface area contributed by atoms with Crippen molar-refractivity contribution in [1.82, 2.24) is 4.90 Å². The maximum Gasteiger partial charge on any atom is 0.326 e. The Hall–Kier alpha value is -2.39. The number of hydrogen-bond acceptors (Lipinski definition) is 6. The van der Waals surface area contributed by atoms with Crippen molar-refractivity contribution in [1.29, 1.82) is 0 Å². The molecule has 24 heavy (non-hydrogen) atoms. The van der Waals surface area contributed by atoms with Gasteiger partial charge in [-0.3, -0.25) is 14.5 Å². The van der Waals surface area contributed by atoms with Crippen LogP contribution in [0.2, 0.25) is 0 Å². The van der Waals surface area contributed by atoms with Crippen LogP contribution in [-0.4, -0.2) is 43.3 Å². The third-order valence-electron chi connectivity index (χ3n) is 3.10. The molecule has 0 radical (unpaired) electrons. The minimum absolute atomic E-state index is 0.0930. The van der Waals surface area contributed by atoms with E-state index < -0.39 is 23.9 Å². The van der Waals surface area contributed by atoms with Gasteiger partial charge >= 0.3 is 11.9 Å². The van der Waals surface area contributed by atoms with E-state index in [1.54, 1.807) is 24.3 Å². The highest BCUT2D eigenvalue weighted by Gasteiger charge is 2.40. The lowest BCUT2D eigenvalue weighted by Crippen LogP contribution is -2.44. The molecule has 1 atom stereocenters. The first-order chi connectivity index (χ1) is 11.4. The van der Waals surface area contributed by atoms with E-state index >= 15 is 0 Å². The van der Waals surface area contributed by atoms with Crippen LogP contribution in [0.15, 0.2) is 39.9 Å². The van der Waals surface area contributed by atoms with E-state index in [2.05, 4.69) is 0 Å². The van der Waals surface area contributed by atoms with E-state index in [0.717, 1.165) is 16.7 Å². The van der Waals surface area contributed by atoms with Crippen LogP contribution in [0.4, 0.5) is 0 Å². The van der Waals surface area contributed by atoms with Crippen molar-refractivity contribution in [3.8, 4) is 0 Å². The van der Waals surface area contributed by atoms with Crippen LogP contribution >= 0.6 is 24.0 Å². The second-order valence-electron chi connectivity index (χ2n) is 4.74. The number of carboxylic acid groups (broad SMARTS) is 2. The van der Waals surface area contributed by atoms with Gasteiger partial charge in [0.1, 0.15) is 16.1 Å². The first-order valence-corrected chi connectivity index (χ1v) is 8.04. The Morgan fingerprint density at radius 3 is 2.75 bits per heavy atom. The molecular weight excluding hydrogens is 354 g/mol. The molecular formula is C15H13NO6S2. The molecule has 1 aromatic heterocycles. The zero-order valence-electron chi connectivity index (χ0n) is 12.2. The molecule has 0 aromatic carbocycles. The van der Waals surface area contributed by atoms with E-state index in [1.807, 2.05) is 0 Å². The smallest absolute Gasteiger partial charge is 0.326 e. The van der Waals surface area contributed by atoms with Crippen molar-refractivity contribution >= 4 is 52.2 Å². The maximum absolute atomic E-state index is 12.4. The molecule has 7 nitrogen and oxygen atoms in total. The Kier molecular flexibility index (Phi) is 5.93. The fraction of sp³-hybridized carbons (Fsp3) is 0.200. The van der Waals surface area contributed by atoms with Crippen molar-refractivity contribution in [3.63, 3.8) is 0 Å². The highest BCUT2D eigenvalue weighted by atomic mass is 32.2. The van der Waals surface area contributed by atoms with Gasteiger partial charge in [0.05, 0.1) is 11.2 Å². The molecule has 0 spiro atoms. The fourth-order valence-electron chi connectivity index (χ4n) is 2.00.